The molecular formula is C18H13Cl2NO4S. The fourth-order valence-electron chi connectivity index (χ4n) is 2.53. The van der Waals surface area contributed by atoms with Gasteiger partial charge >= 0.3 is 5.97 Å². The van der Waals surface area contributed by atoms with E-state index in [1.54, 1.807) is 18.2 Å². The van der Waals surface area contributed by atoms with E-state index in [0.717, 1.165) is 15.1 Å². The molecule has 0 bridgehead atoms. The highest BCUT2D eigenvalue weighted by atomic mass is 35.5. The molecule has 0 aliphatic carbocycles. The van der Waals surface area contributed by atoms with Gasteiger partial charge in [-0.1, -0.05) is 53.5 Å². The van der Waals surface area contributed by atoms with E-state index in [9.17, 15) is 18.3 Å². The summed E-state index contributed by atoms with van der Waals surface area (Å²) in [5, 5.41) is 11.2. The van der Waals surface area contributed by atoms with Crippen LogP contribution in [0.5, 0.6) is 0 Å². The van der Waals surface area contributed by atoms with Gasteiger partial charge in [-0.2, -0.15) is 0 Å². The van der Waals surface area contributed by atoms with Gasteiger partial charge in [0.05, 0.1) is 20.6 Å². The van der Waals surface area contributed by atoms with E-state index in [1.807, 2.05) is 12.1 Å². The predicted octanol–water partition coefficient (Wildman–Crippen LogP) is 4.43. The van der Waals surface area contributed by atoms with E-state index in [4.69, 9.17) is 23.2 Å². The van der Waals surface area contributed by atoms with Crippen LogP contribution < -0.4 is 4.31 Å². The number of fused-ring (bicyclic) bond motifs is 1. The smallest absolute Gasteiger partial charge is 0.324 e. The Morgan fingerprint density at radius 3 is 2.27 bits per heavy atom. The van der Waals surface area contributed by atoms with Gasteiger partial charge in [0.1, 0.15) is 6.54 Å². The SMILES string of the molecule is O=C(O)CN(c1ccc(Cl)c(Cl)c1)S(=O)(=O)c1ccc2ccccc2c1. The highest BCUT2D eigenvalue weighted by molar-refractivity contribution is 7.92. The quantitative estimate of drug-likeness (QED) is 0.676. The summed E-state index contributed by atoms with van der Waals surface area (Å²) in [5.41, 5.74) is 0.120. The van der Waals surface area contributed by atoms with Crippen LogP contribution in [0.2, 0.25) is 10.0 Å². The number of halogens is 2. The van der Waals surface area contributed by atoms with E-state index in [-0.39, 0.29) is 20.6 Å². The third kappa shape index (κ3) is 3.62. The van der Waals surface area contributed by atoms with Crippen molar-refractivity contribution in [1.29, 1.82) is 0 Å². The number of nitrogens with zero attached hydrogens (tertiary/aromatic N) is 1. The molecule has 0 aliphatic heterocycles. The Morgan fingerprint density at radius 2 is 1.62 bits per heavy atom. The predicted molar refractivity (Wildman–Crippen MR) is 103 cm³/mol. The van der Waals surface area contributed by atoms with Crippen LogP contribution in [0.3, 0.4) is 0 Å². The van der Waals surface area contributed by atoms with E-state index in [2.05, 4.69) is 0 Å². The molecule has 3 aromatic carbocycles. The van der Waals surface area contributed by atoms with Crippen molar-refractivity contribution >= 4 is 55.7 Å². The third-order valence-corrected chi connectivity index (χ3v) is 6.29. The maximum Gasteiger partial charge on any atom is 0.324 e. The van der Waals surface area contributed by atoms with Gasteiger partial charge in [-0.05, 0) is 41.1 Å². The molecular weight excluding hydrogens is 397 g/mol. The van der Waals surface area contributed by atoms with Crippen LogP contribution in [-0.4, -0.2) is 26.0 Å². The van der Waals surface area contributed by atoms with Crippen LogP contribution in [0.4, 0.5) is 5.69 Å². The minimum atomic E-state index is -4.12. The fourth-order valence-corrected chi connectivity index (χ4v) is 4.27. The van der Waals surface area contributed by atoms with Crippen LogP contribution in [0.15, 0.2) is 65.6 Å². The Balaban J connectivity index is 2.13. The maximum absolute atomic E-state index is 13.1. The molecule has 1 N–H and O–H groups in total. The second-order valence-electron chi connectivity index (χ2n) is 5.51. The van der Waals surface area contributed by atoms with Crippen LogP contribution in [-0.2, 0) is 14.8 Å². The minimum absolute atomic E-state index is 0.0106. The zero-order valence-electron chi connectivity index (χ0n) is 13.3. The lowest BCUT2D eigenvalue weighted by molar-refractivity contribution is -0.135. The summed E-state index contributed by atoms with van der Waals surface area (Å²) in [6.07, 6.45) is 0. The second-order valence-corrected chi connectivity index (χ2v) is 8.19. The average Bonchev–Trinajstić information content (AvgIpc) is 2.61. The van der Waals surface area contributed by atoms with Gasteiger partial charge in [0, 0.05) is 0 Å². The summed E-state index contributed by atoms with van der Waals surface area (Å²) in [5.74, 6) is -1.29. The van der Waals surface area contributed by atoms with Gasteiger partial charge in [0.2, 0.25) is 0 Å². The number of hydrogen-bond acceptors (Lipinski definition) is 3. The van der Waals surface area contributed by atoms with Crippen LogP contribution in [0, 0.1) is 0 Å². The number of benzene rings is 3. The lowest BCUT2D eigenvalue weighted by Crippen LogP contribution is -2.35. The molecule has 5 nitrogen and oxygen atoms in total. The molecule has 0 aromatic heterocycles. The number of anilines is 1. The summed E-state index contributed by atoms with van der Waals surface area (Å²) >= 11 is 11.8. The van der Waals surface area contributed by atoms with Gasteiger partial charge in [-0.25, -0.2) is 8.42 Å². The molecule has 3 aromatic rings. The Hall–Kier alpha value is -2.28. The Bertz CT molecular complexity index is 1100. The lowest BCUT2D eigenvalue weighted by atomic mass is 10.1. The number of rotatable bonds is 5. The van der Waals surface area contributed by atoms with Crippen molar-refractivity contribution < 1.29 is 18.3 Å². The molecule has 0 aliphatic rings. The zero-order chi connectivity index (χ0) is 18.9. The molecule has 26 heavy (non-hydrogen) atoms. The summed E-state index contributed by atoms with van der Waals surface area (Å²) in [6, 6.07) is 16.1. The van der Waals surface area contributed by atoms with Crippen molar-refractivity contribution in [3.8, 4) is 0 Å². The van der Waals surface area contributed by atoms with Gasteiger partial charge in [0.25, 0.3) is 10.0 Å². The van der Waals surface area contributed by atoms with Crippen molar-refractivity contribution in [2.75, 3.05) is 10.8 Å². The fraction of sp³-hybridized carbons (Fsp3) is 0.0556. The number of aliphatic carboxylic acids is 1. The summed E-state index contributed by atoms with van der Waals surface area (Å²) < 4.78 is 27.0. The van der Waals surface area contributed by atoms with E-state index in [0.29, 0.717) is 0 Å². The number of carbonyl (C=O) groups is 1. The van der Waals surface area contributed by atoms with E-state index >= 15 is 0 Å². The first-order chi connectivity index (χ1) is 12.3. The molecule has 134 valence electrons. The normalized spacial score (nSPS) is 11.5. The molecule has 0 saturated carbocycles. The third-order valence-electron chi connectivity index (χ3n) is 3.78. The summed E-state index contributed by atoms with van der Waals surface area (Å²) in [6.45, 7) is -0.743. The summed E-state index contributed by atoms with van der Waals surface area (Å²) in [7, 11) is -4.12. The van der Waals surface area contributed by atoms with Crippen molar-refractivity contribution in [2.24, 2.45) is 0 Å². The van der Waals surface area contributed by atoms with Crippen LogP contribution >= 0.6 is 23.2 Å². The van der Waals surface area contributed by atoms with Crippen molar-refractivity contribution in [2.45, 2.75) is 4.90 Å². The standard InChI is InChI=1S/C18H13Cl2NO4S/c19-16-8-6-14(10-17(16)20)21(11-18(22)23)26(24,25)15-7-5-12-3-1-2-4-13(12)9-15/h1-10H,11H2,(H,22,23). The molecule has 0 radical (unpaired) electrons. The number of hydrogen-bond donors (Lipinski definition) is 1. The maximum atomic E-state index is 13.1. The molecule has 0 unspecified atom stereocenters. The van der Waals surface area contributed by atoms with Crippen molar-refractivity contribution in [1.82, 2.24) is 0 Å². The van der Waals surface area contributed by atoms with E-state index < -0.39 is 22.5 Å². The molecule has 3 rings (SSSR count). The Morgan fingerprint density at radius 1 is 0.923 bits per heavy atom. The monoisotopic (exact) mass is 409 g/mol. The van der Waals surface area contributed by atoms with Gasteiger partial charge in [-0.3, -0.25) is 9.10 Å². The van der Waals surface area contributed by atoms with Gasteiger partial charge < -0.3 is 5.11 Å². The number of carboxylic acids is 1. The molecule has 0 spiro atoms. The molecule has 0 fully saturated rings. The molecule has 0 saturated heterocycles. The van der Waals surface area contributed by atoms with Crippen LogP contribution in [0.1, 0.15) is 0 Å². The van der Waals surface area contributed by atoms with Gasteiger partial charge in [0.15, 0.2) is 0 Å². The average molecular weight is 410 g/mol. The second kappa shape index (κ2) is 7.15. The lowest BCUT2D eigenvalue weighted by Gasteiger charge is -2.23. The first-order valence-electron chi connectivity index (χ1n) is 7.47. The van der Waals surface area contributed by atoms with Crippen LogP contribution in [0.25, 0.3) is 10.8 Å². The van der Waals surface area contributed by atoms with Crippen molar-refractivity contribution in [3.63, 3.8) is 0 Å². The Labute approximate surface area is 160 Å². The highest BCUT2D eigenvalue weighted by Gasteiger charge is 2.27. The Kier molecular flexibility index (Phi) is 5.09. The number of sulfonamides is 1. The van der Waals surface area contributed by atoms with Gasteiger partial charge in [-0.15, -0.1) is 0 Å². The molecule has 0 heterocycles. The molecule has 0 amide bonds. The topological polar surface area (TPSA) is 74.7 Å². The molecule has 8 heteroatoms. The van der Waals surface area contributed by atoms with Crippen molar-refractivity contribution in [3.05, 3.63) is 70.7 Å². The molecule has 0 atom stereocenters. The van der Waals surface area contributed by atoms with E-state index in [1.165, 1.54) is 30.3 Å². The minimum Gasteiger partial charge on any atom is -0.480 e. The first kappa shape index (κ1) is 18.5. The summed E-state index contributed by atoms with van der Waals surface area (Å²) in [4.78, 5) is 11.2. The first-order valence-corrected chi connectivity index (χ1v) is 9.67. The zero-order valence-corrected chi connectivity index (χ0v) is 15.6. The highest BCUT2D eigenvalue weighted by Crippen LogP contribution is 2.31. The largest absolute Gasteiger partial charge is 0.480 e. The number of carboxylic acid groups (broad SMARTS) is 1.